The second-order valence-electron chi connectivity index (χ2n) is 5.72. The van der Waals surface area contributed by atoms with E-state index in [-0.39, 0.29) is 11.9 Å². The van der Waals surface area contributed by atoms with Crippen LogP contribution in [0.5, 0.6) is 0 Å². The Kier molecular flexibility index (Phi) is 3.57. The molecule has 4 aromatic rings. The molecule has 0 aliphatic carbocycles. The molecule has 25 heavy (non-hydrogen) atoms. The molecule has 0 saturated carbocycles. The molecule has 1 amide bonds. The summed E-state index contributed by atoms with van der Waals surface area (Å²) in [5.74, 6) is 1.45. The third kappa shape index (κ3) is 2.78. The minimum atomic E-state index is -0.299. The predicted molar refractivity (Wildman–Crippen MR) is 93.4 cm³/mol. The number of anilines is 1. The molecule has 0 bridgehead atoms. The molecular formula is C19H15N3O3. The van der Waals surface area contributed by atoms with E-state index >= 15 is 0 Å². The highest BCUT2D eigenvalue weighted by atomic mass is 16.4. The van der Waals surface area contributed by atoms with Gasteiger partial charge >= 0.3 is 6.01 Å². The quantitative estimate of drug-likeness (QED) is 0.603. The monoisotopic (exact) mass is 333 g/mol. The summed E-state index contributed by atoms with van der Waals surface area (Å²) < 4.78 is 11.0. The Bertz CT molecular complexity index is 1070. The number of hydrogen-bond donors (Lipinski definition) is 1. The highest BCUT2D eigenvalue weighted by Gasteiger charge is 2.17. The second kappa shape index (κ2) is 5.90. The first-order valence-electron chi connectivity index (χ1n) is 7.82. The van der Waals surface area contributed by atoms with Crippen LogP contribution in [0, 0.1) is 13.8 Å². The van der Waals surface area contributed by atoms with Crippen LogP contribution in [0.2, 0.25) is 0 Å². The van der Waals surface area contributed by atoms with E-state index in [4.69, 9.17) is 8.83 Å². The van der Waals surface area contributed by atoms with Crippen LogP contribution >= 0.6 is 0 Å². The van der Waals surface area contributed by atoms with Crippen molar-refractivity contribution in [1.82, 2.24) is 10.2 Å². The number of aryl methyl sites for hydroxylation is 2. The van der Waals surface area contributed by atoms with Crippen LogP contribution in [0.4, 0.5) is 6.01 Å². The summed E-state index contributed by atoms with van der Waals surface area (Å²) in [5.41, 5.74) is 1.27. The maximum Gasteiger partial charge on any atom is 0.322 e. The van der Waals surface area contributed by atoms with Gasteiger partial charge in [-0.15, -0.1) is 5.10 Å². The first kappa shape index (κ1) is 15.1. The molecule has 0 spiro atoms. The zero-order valence-electron chi connectivity index (χ0n) is 13.7. The average molecular weight is 333 g/mol. The summed E-state index contributed by atoms with van der Waals surface area (Å²) in [5, 5.41) is 12.4. The van der Waals surface area contributed by atoms with Crippen molar-refractivity contribution in [3.05, 3.63) is 65.6 Å². The van der Waals surface area contributed by atoms with Crippen LogP contribution in [0.3, 0.4) is 0 Å². The number of hydrogen-bond acceptors (Lipinski definition) is 5. The summed E-state index contributed by atoms with van der Waals surface area (Å²) in [7, 11) is 0. The van der Waals surface area contributed by atoms with Crippen LogP contribution in [0.1, 0.15) is 21.9 Å². The molecule has 2 heterocycles. The lowest BCUT2D eigenvalue weighted by Crippen LogP contribution is -2.12. The van der Waals surface area contributed by atoms with Crippen molar-refractivity contribution in [1.29, 1.82) is 0 Å². The molecule has 0 radical (unpaired) electrons. The lowest BCUT2D eigenvalue weighted by molar-refractivity contribution is 0.102. The molecule has 2 aromatic heterocycles. The molecule has 0 atom stereocenters. The lowest BCUT2D eigenvalue weighted by Gasteiger charge is -2.05. The fraction of sp³-hybridized carbons (Fsp3) is 0.105. The van der Waals surface area contributed by atoms with E-state index in [2.05, 4.69) is 15.5 Å². The van der Waals surface area contributed by atoms with Crippen LogP contribution < -0.4 is 5.32 Å². The van der Waals surface area contributed by atoms with Crippen molar-refractivity contribution in [2.45, 2.75) is 13.8 Å². The Hall–Kier alpha value is -3.41. The maximum atomic E-state index is 12.6. The molecule has 1 N–H and O–H groups in total. The first-order valence-corrected chi connectivity index (χ1v) is 7.82. The molecular weight excluding hydrogens is 318 g/mol. The predicted octanol–water partition coefficient (Wildman–Crippen LogP) is 4.35. The van der Waals surface area contributed by atoms with Crippen molar-refractivity contribution in [2.75, 3.05) is 5.32 Å². The van der Waals surface area contributed by atoms with E-state index in [1.54, 1.807) is 6.07 Å². The van der Waals surface area contributed by atoms with Crippen molar-refractivity contribution in [3.63, 3.8) is 0 Å². The van der Waals surface area contributed by atoms with Gasteiger partial charge in [-0.1, -0.05) is 41.5 Å². The molecule has 0 aliphatic heterocycles. The Balaban J connectivity index is 1.62. The van der Waals surface area contributed by atoms with Gasteiger partial charge in [0, 0.05) is 5.56 Å². The van der Waals surface area contributed by atoms with Crippen LogP contribution in [0.25, 0.3) is 22.2 Å². The number of rotatable bonds is 3. The number of benzene rings is 2. The summed E-state index contributed by atoms with van der Waals surface area (Å²) in [4.78, 5) is 12.6. The molecule has 4 rings (SSSR count). The number of amides is 1. The number of nitrogens with zero attached hydrogens (tertiary/aromatic N) is 2. The van der Waals surface area contributed by atoms with E-state index in [1.165, 1.54) is 0 Å². The minimum absolute atomic E-state index is 0.0474. The first-order chi connectivity index (χ1) is 12.1. The number of carbonyl (C=O) groups is 1. The summed E-state index contributed by atoms with van der Waals surface area (Å²) in [6.07, 6.45) is 0. The number of nitrogens with one attached hydrogen (secondary N) is 1. The van der Waals surface area contributed by atoms with Gasteiger partial charge in [-0.25, -0.2) is 0 Å². The van der Waals surface area contributed by atoms with E-state index < -0.39 is 0 Å². The van der Waals surface area contributed by atoms with Gasteiger partial charge in [-0.3, -0.25) is 10.1 Å². The molecule has 0 saturated heterocycles. The largest absolute Gasteiger partial charge is 0.466 e. The van der Waals surface area contributed by atoms with Crippen molar-refractivity contribution >= 4 is 22.7 Å². The molecule has 2 aromatic carbocycles. The van der Waals surface area contributed by atoms with E-state index in [0.717, 1.165) is 22.1 Å². The van der Waals surface area contributed by atoms with Crippen LogP contribution in [-0.4, -0.2) is 16.1 Å². The molecule has 0 fully saturated rings. The number of fused-ring (bicyclic) bond motifs is 1. The van der Waals surface area contributed by atoms with Gasteiger partial charge in [0.15, 0.2) is 0 Å². The van der Waals surface area contributed by atoms with Crippen molar-refractivity contribution in [2.24, 2.45) is 0 Å². The van der Waals surface area contributed by atoms with Crippen LogP contribution in [0.15, 0.2) is 57.4 Å². The molecule has 6 nitrogen and oxygen atoms in total. The third-order valence-corrected chi connectivity index (χ3v) is 3.95. The topological polar surface area (TPSA) is 81.2 Å². The Labute approximate surface area is 143 Å². The normalized spacial score (nSPS) is 11.0. The fourth-order valence-electron chi connectivity index (χ4n) is 2.81. The maximum absolute atomic E-state index is 12.6. The lowest BCUT2D eigenvalue weighted by atomic mass is 10.0. The van der Waals surface area contributed by atoms with E-state index in [9.17, 15) is 4.79 Å². The van der Waals surface area contributed by atoms with Gasteiger partial charge in [0.05, 0.1) is 5.56 Å². The molecule has 0 unspecified atom stereocenters. The van der Waals surface area contributed by atoms with Gasteiger partial charge in [0.2, 0.25) is 0 Å². The third-order valence-electron chi connectivity index (χ3n) is 3.95. The number of aromatic nitrogens is 2. The van der Waals surface area contributed by atoms with E-state index in [1.807, 2.05) is 56.3 Å². The Morgan fingerprint density at radius 1 is 1.00 bits per heavy atom. The smallest absolute Gasteiger partial charge is 0.322 e. The zero-order chi connectivity index (χ0) is 17.4. The summed E-state index contributed by atoms with van der Waals surface area (Å²) >= 11 is 0. The SMILES string of the molecule is Cc1cc(-c2nnc(NC(=O)c3cccc4ccccc34)o2)c(C)o1. The molecule has 6 heteroatoms. The summed E-state index contributed by atoms with van der Waals surface area (Å²) in [6, 6.07) is 15.1. The highest BCUT2D eigenvalue weighted by molar-refractivity contribution is 6.12. The van der Waals surface area contributed by atoms with E-state index in [0.29, 0.717) is 17.2 Å². The zero-order valence-corrected chi connectivity index (χ0v) is 13.7. The Morgan fingerprint density at radius 3 is 2.60 bits per heavy atom. The van der Waals surface area contributed by atoms with Crippen molar-refractivity contribution in [3.8, 4) is 11.5 Å². The standard InChI is InChI=1S/C19H15N3O3/c1-11-10-16(12(2)24-11)18-21-22-19(25-18)20-17(23)15-9-5-7-13-6-3-4-8-14(13)15/h3-10H,1-2H3,(H,20,22,23). The number of furan rings is 1. The van der Waals surface area contributed by atoms with Gasteiger partial charge in [0.25, 0.3) is 11.8 Å². The van der Waals surface area contributed by atoms with Crippen molar-refractivity contribution < 1.29 is 13.6 Å². The minimum Gasteiger partial charge on any atom is -0.466 e. The highest BCUT2D eigenvalue weighted by Crippen LogP contribution is 2.27. The fourth-order valence-corrected chi connectivity index (χ4v) is 2.81. The molecule has 124 valence electrons. The molecule has 0 aliphatic rings. The number of carbonyl (C=O) groups excluding carboxylic acids is 1. The van der Waals surface area contributed by atoms with Gasteiger partial charge < -0.3 is 8.83 Å². The van der Waals surface area contributed by atoms with Gasteiger partial charge in [-0.2, -0.15) is 0 Å². The van der Waals surface area contributed by atoms with Gasteiger partial charge in [0.1, 0.15) is 11.5 Å². The Morgan fingerprint density at radius 2 is 1.80 bits per heavy atom. The second-order valence-corrected chi connectivity index (χ2v) is 5.72. The average Bonchev–Trinajstić information content (AvgIpc) is 3.20. The van der Waals surface area contributed by atoms with Gasteiger partial charge in [-0.05, 0) is 36.8 Å². The van der Waals surface area contributed by atoms with Crippen LogP contribution in [-0.2, 0) is 0 Å². The summed E-state index contributed by atoms with van der Waals surface area (Å²) in [6.45, 7) is 3.66.